The van der Waals surface area contributed by atoms with Crippen LogP contribution in [-0.4, -0.2) is 6.29 Å². The van der Waals surface area contributed by atoms with Crippen molar-refractivity contribution in [1.29, 1.82) is 0 Å². The average molecular weight is 205 g/mol. The second-order valence-electron chi connectivity index (χ2n) is 4.29. The zero-order chi connectivity index (χ0) is 10.8. The van der Waals surface area contributed by atoms with Gasteiger partial charge in [0.2, 0.25) is 6.29 Å². The van der Waals surface area contributed by atoms with Gasteiger partial charge in [-0.05, 0) is 36.3 Å². The molecule has 1 fully saturated rings. The van der Waals surface area contributed by atoms with E-state index in [0.29, 0.717) is 11.5 Å². The van der Waals surface area contributed by atoms with Crippen LogP contribution >= 0.6 is 0 Å². The molecular weight excluding hydrogens is 191 g/mol. The minimum absolute atomic E-state index is 0.0591. The maximum atomic E-state index is 13.5. The first-order chi connectivity index (χ1) is 7.24. The summed E-state index contributed by atoms with van der Waals surface area (Å²) in [7, 11) is 0. The zero-order valence-electron chi connectivity index (χ0n) is 8.74. The minimum atomic E-state index is -0.217. The fourth-order valence-electron chi connectivity index (χ4n) is 2.10. The van der Waals surface area contributed by atoms with Gasteiger partial charge in [-0.2, -0.15) is 0 Å². The molecule has 1 aliphatic carbocycles. The van der Waals surface area contributed by atoms with Crippen LogP contribution in [0.5, 0.6) is 0 Å². The molecule has 0 spiro atoms. The third kappa shape index (κ3) is 2.09. The Morgan fingerprint density at radius 1 is 1.40 bits per heavy atom. The van der Waals surface area contributed by atoms with Crippen LogP contribution in [0.3, 0.4) is 0 Å². The minimum Gasteiger partial charge on any atom is -0.291 e. The monoisotopic (exact) mass is 205 g/mol. The Kier molecular flexibility index (Phi) is 2.85. The second kappa shape index (κ2) is 4.13. The number of rotatable bonds is 4. The van der Waals surface area contributed by atoms with Crippen LogP contribution in [0.1, 0.15) is 31.2 Å². The van der Waals surface area contributed by atoms with Gasteiger partial charge in [0, 0.05) is 5.92 Å². The molecule has 1 aromatic carbocycles. The van der Waals surface area contributed by atoms with Crippen molar-refractivity contribution in [2.75, 3.05) is 0 Å². The van der Waals surface area contributed by atoms with Crippen LogP contribution in [0.15, 0.2) is 24.3 Å². The van der Waals surface area contributed by atoms with Gasteiger partial charge in [-0.1, -0.05) is 25.1 Å². The maximum absolute atomic E-state index is 13.5. The summed E-state index contributed by atoms with van der Waals surface area (Å²) >= 11 is 0. The fourth-order valence-corrected chi connectivity index (χ4v) is 2.10. The summed E-state index contributed by atoms with van der Waals surface area (Å²) in [5, 5.41) is 0. The lowest BCUT2D eigenvalue weighted by Gasteiger charge is -2.18. The van der Waals surface area contributed by atoms with Gasteiger partial charge >= 0.3 is 0 Å². The molecular formula is C13H14FO. The van der Waals surface area contributed by atoms with E-state index in [4.69, 9.17) is 0 Å². The maximum Gasteiger partial charge on any atom is 0.202 e. The number of hydrogen-bond acceptors (Lipinski definition) is 1. The topological polar surface area (TPSA) is 17.1 Å². The van der Waals surface area contributed by atoms with Gasteiger partial charge in [-0.15, -0.1) is 0 Å². The summed E-state index contributed by atoms with van der Waals surface area (Å²) in [6.45, 7) is 1.91. The Hall–Kier alpha value is -1.18. The molecule has 2 heteroatoms. The van der Waals surface area contributed by atoms with Crippen molar-refractivity contribution in [2.24, 2.45) is 11.8 Å². The lowest BCUT2D eigenvalue weighted by Crippen LogP contribution is -2.14. The van der Waals surface area contributed by atoms with Crippen LogP contribution in [0.2, 0.25) is 0 Å². The van der Waals surface area contributed by atoms with E-state index >= 15 is 0 Å². The van der Waals surface area contributed by atoms with Gasteiger partial charge in [0.15, 0.2) is 0 Å². The molecule has 0 aromatic heterocycles. The Balaban J connectivity index is 2.22. The predicted octanol–water partition coefficient (Wildman–Crippen LogP) is 3.07. The first-order valence-electron chi connectivity index (χ1n) is 5.36. The molecule has 0 aliphatic heterocycles. The molecule has 2 unspecified atom stereocenters. The van der Waals surface area contributed by atoms with Gasteiger partial charge < -0.3 is 0 Å². The Morgan fingerprint density at radius 3 is 2.60 bits per heavy atom. The second-order valence-corrected chi connectivity index (χ2v) is 4.29. The van der Waals surface area contributed by atoms with E-state index in [1.54, 1.807) is 12.1 Å². The standard InChI is InChI=1S/C13H14FO/c1-9(12(8-15)10-6-7-10)11-4-2-3-5-13(11)14/h2-5,9-10,12H,6-7H2,1H3. The smallest absolute Gasteiger partial charge is 0.202 e. The Labute approximate surface area is 89.3 Å². The first-order valence-corrected chi connectivity index (χ1v) is 5.36. The average Bonchev–Trinajstić information content (AvgIpc) is 3.03. The van der Waals surface area contributed by atoms with Gasteiger partial charge in [-0.3, -0.25) is 4.79 Å². The van der Waals surface area contributed by atoms with E-state index in [9.17, 15) is 9.18 Å². The molecule has 1 aromatic rings. The van der Waals surface area contributed by atoms with Crippen molar-refractivity contribution >= 4 is 6.29 Å². The van der Waals surface area contributed by atoms with Crippen molar-refractivity contribution in [3.63, 3.8) is 0 Å². The van der Waals surface area contributed by atoms with Gasteiger partial charge in [-0.25, -0.2) is 4.39 Å². The molecule has 0 saturated heterocycles. The van der Waals surface area contributed by atoms with E-state index in [1.165, 1.54) is 6.07 Å². The van der Waals surface area contributed by atoms with E-state index in [1.807, 2.05) is 13.0 Å². The quantitative estimate of drug-likeness (QED) is 0.738. The van der Waals surface area contributed by atoms with Crippen LogP contribution in [0.25, 0.3) is 0 Å². The van der Waals surface area contributed by atoms with E-state index in [2.05, 4.69) is 6.29 Å². The highest BCUT2D eigenvalue weighted by Gasteiger charge is 2.36. The van der Waals surface area contributed by atoms with Crippen molar-refractivity contribution in [1.82, 2.24) is 0 Å². The zero-order valence-corrected chi connectivity index (χ0v) is 8.74. The molecule has 0 heterocycles. The molecule has 0 amide bonds. The molecule has 0 bridgehead atoms. The summed E-state index contributed by atoms with van der Waals surface area (Å²) in [5.41, 5.74) is 0.637. The Morgan fingerprint density at radius 2 is 2.07 bits per heavy atom. The largest absolute Gasteiger partial charge is 0.291 e. The summed E-state index contributed by atoms with van der Waals surface area (Å²) in [4.78, 5) is 10.9. The summed E-state index contributed by atoms with van der Waals surface area (Å²) in [6.07, 6.45) is 4.24. The molecule has 79 valence electrons. The third-order valence-corrected chi connectivity index (χ3v) is 3.20. The predicted molar refractivity (Wildman–Crippen MR) is 56.7 cm³/mol. The van der Waals surface area contributed by atoms with Crippen molar-refractivity contribution in [2.45, 2.75) is 25.7 Å². The van der Waals surface area contributed by atoms with Crippen LogP contribution in [0.4, 0.5) is 4.39 Å². The van der Waals surface area contributed by atoms with Crippen LogP contribution in [-0.2, 0) is 4.79 Å². The SMILES string of the molecule is CC(c1ccccc1F)C([C]=O)C1CC1. The lowest BCUT2D eigenvalue weighted by molar-refractivity contribution is 0.445. The van der Waals surface area contributed by atoms with Crippen molar-refractivity contribution < 1.29 is 9.18 Å². The van der Waals surface area contributed by atoms with Crippen LogP contribution < -0.4 is 0 Å². The van der Waals surface area contributed by atoms with Gasteiger partial charge in [0.1, 0.15) is 5.82 Å². The molecule has 2 rings (SSSR count). The summed E-state index contributed by atoms with van der Waals surface area (Å²) in [6, 6.07) is 6.68. The number of hydrogen-bond donors (Lipinski definition) is 0. The van der Waals surface area contributed by atoms with E-state index in [-0.39, 0.29) is 17.7 Å². The lowest BCUT2D eigenvalue weighted by atomic mass is 9.85. The molecule has 2 atom stereocenters. The van der Waals surface area contributed by atoms with Crippen molar-refractivity contribution in [3.8, 4) is 0 Å². The normalized spacial score (nSPS) is 19.6. The number of benzene rings is 1. The highest BCUT2D eigenvalue weighted by atomic mass is 19.1. The summed E-state index contributed by atoms with van der Waals surface area (Å²) < 4.78 is 13.5. The molecule has 1 nitrogen and oxygen atoms in total. The van der Waals surface area contributed by atoms with E-state index < -0.39 is 0 Å². The number of halogens is 1. The third-order valence-electron chi connectivity index (χ3n) is 3.20. The molecule has 0 N–H and O–H groups in total. The number of carbonyl (C=O) groups excluding carboxylic acids is 1. The fraction of sp³-hybridized carbons (Fsp3) is 0.462. The molecule has 15 heavy (non-hydrogen) atoms. The molecule has 1 radical (unpaired) electrons. The highest BCUT2D eigenvalue weighted by molar-refractivity contribution is 5.58. The first kappa shape index (κ1) is 10.3. The summed E-state index contributed by atoms with van der Waals surface area (Å²) in [5.74, 6) is 0.0149. The molecule has 1 saturated carbocycles. The van der Waals surface area contributed by atoms with Crippen LogP contribution in [0, 0.1) is 17.7 Å². The van der Waals surface area contributed by atoms with Gasteiger partial charge in [0.05, 0.1) is 0 Å². The van der Waals surface area contributed by atoms with Crippen molar-refractivity contribution in [3.05, 3.63) is 35.6 Å². The van der Waals surface area contributed by atoms with E-state index in [0.717, 1.165) is 12.8 Å². The highest BCUT2D eigenvalue weighted by Crippen LogP contribution is 2.43. The Bertz CT molecular complexity index is 357. The van der Waals surface area contributed by atoms with Gasteiger partial charge in [0.25, 0.3) is 0 Å². The molecule has 1 aliphatic rings.